The highest BCUT2D eigenvalue weighted by Crippen LogP contribution is 2.18. The third-order valence-electron chi connectivity index (χ3n) is 2.67. The van der Waals surface area contributed by atoms with Gasteiger partial charge in [-0.1, -0.05) is 0 Å². The zero-order chi connectivity index (χ0) is 12.3. The van der Waals surface area contributed by atoms with Crippen LogP contribution in [0.2, 0.25) is 0 Å². The quantitative estimate of drug-likeness (QED) is 0.821. The first-order chi connectivity index (χ1) is 7.41. The van der Waals surface area contributed by atoms with Gasteiger partial charge in [-0.15, -0.1) is 10.2 Å². The largest absolute Gasteiger partial charge is 0.378 e. The van der Waals surface area contributed by atoms with Gasteiger partial charge in [0.1, 0.15) is 11.6 Å². The second-order valence-electron chi connectivity index (χ2n) is 4.84. The first kappa shape index (κ1) is 13.1. The highest BCUT2D eigenvalue weighted by atomic mass is 16.5. The van der Waals surface area contributed by atoms with Gasteiger partial charge >= 0.3 is 0 Å². The lowest BCUT2D eigenvalue weighted by atomic mass is 10.0. The molecule has 0 aromatic carbocycles. The van der Waals surface area contributed by atoms with Crippen molar-refractivity contribution in [3.05, 3.63) is 11.6 Å². The van der Waals surface area contributed by atoms with E-state index in [-0.39, 0.29) is 5.60 Å². The van der Waals surface area contributed by atoms with Crippen LogP contribution in [0.25, 0.3) is 0 Å². The predicted molar refractivity (Wildman–Crippen MR) is 63.1 cm³/mol. The van der Waals surface area contributed by atoms with E-state index in [1.807, 2.05) is 13.8 Å². The van der Waals surface area contributed by atoms with Crippen molar-refractivity contribution < 1.29 is 4.74 Å². The second-order valence-corrected chi connectivity index (χ2v) is 4.84. The van der Waals surface area contributed by atoms with Gasteiger partial charge in [0.25, 0.3) is 0 Å². The highest BCUT2D eigenvalue weighted by molar-refractivity contribution is 5.01. The molecule has 1 aromatic heterocycles. The second kappa shape index (κ2) is 4.93. The van der Waals surface area contributed by atoms with Crippen LogP contribution in [-0.4, -0.2) is 27.5 Å². The molecule has 1 heterocycles. The Labute approximate surface area is 97.0 Å². The monoisotopic (exact) mass is 226 g/mol. The Morgan fingerprint density at radius 1 is 1.31 bits per heavy atom. The Kier molecular flexibility index (Phi) is 4.04. The van der Waals surface area contributed by atoms with E-state index in [9.17, 15) is 0 Å². The van der Waals surface area contributed by atoms with E-state index in [0.29, 0.717) is 12.6 Å². The summed E-state index contributed by atoms with van der Waals surface area (Å²) in [5.74, 6) is 1.76. The predicted octanol–water partition coefficient (Wildman–Crippen LogP) is 1.29. The van der Waals surface area contributed by atoms with Crippen molar-refractivity contribution in [1.82, 2.24) is 14.8 Å². The number of aromatic nitrogens is 3. The van der Waals surface area contributed by atoms with Crippen LogP contribution in [0.4, 0.5) is 0 Å². The van der Waals surface area contributed by atoms with Crippen molar-refractivity contribution in [3.8, 4) is 0 Å². The molecule has 0 atom stereocenters. The van der Waals surface area contributed by atoms with Gasteiger partial charge in [0.05, 0.1) is 12.1 Å². The fourth-order valence-electron chi connectivity index (χ4n) is 1.67. The fraction of sp³-hybridized carbons (Fsp3) is 0.818. The molecule has 92 valence electrons. The Balaban J connectivity index is 3.01. The van der Waals surface area contributed by atoms with Crippen LogP contribution in [0.3, 0.4) is 0 Å². The van der Waals surface area contributed by atoms with Gasteiger partial charge in [-0.2, -0.15) is 0 Å². The molecule has 0 aliphatic rings. The Morgan fingerprint density at radius 2 is 1.88 bits per heavy atom. The molecule has 0 radical (unpaired) electrons. The molecule has 0 fully saturated rings. The lowest BCUT2D eigenvalue weighted by Gasteiger charge is -2.23. The van der Waals surface area contributed by atoms with Gasteiger partial charge in [0, 0.05) is 19.6 Å². The molecule has 0 unspecified atom stereocenters. The molecule has 16 heavy (non-hydrogen) atoms. The van der Waals surface area contributed by atoms with Gasteiger partial charge in [-0.3, -0.25) is 0 Å². The maximum atomic E-state index is 5.64. The lowest BCUT2D eigenvalue weighted by Crippen LogP contribution is -2.28. The molecule has 0 bridgehead atoms. The number of hydrogen-bond donors (Lipinski definition) is 1. The van der Waals surface area contributed by atoms with Crippen LogP contribution in [0.15, 0.2) is 0 Å². The molecule has 0 saturated carbocycles. The summed E-state index contributed by atoms with van der Waals surface area (Å²) in [5, 5.41) is 8.30. The summed E-state index contributed by atoms with van der Waals surface area (Å²) < 4.78 is 7.49. The van der Waals surface area contributed by atoms with Crippen LogP contribution < -0.4 is 5.73 Å². The molecule has 2 N–H and O–H groups in total. The molecule has 1 rings (SSSR count). The molecule has 0 spiro atoms. The van der Waals surface area contributed by atoms with Gasteiger partial charge in [-0.25, -0.2) is 0 Å². The Hall–Kier alpha value is -0.940. The zero-order valence-corrected chi connectivity index (χ0v) is 10.8. The number of methoxy groups -OCH3 is 1. The topological polar surface area (TPSA) is 66.0 Å². The van der Waals surface area contributed by atoms with Crippen molar-refractivity contribution in [2.75, 3.05) is 7.11 Å². The zero-order valence-electron chi connectivity index (χ0n) is 10.8. The van der Waals surface area contributed by atoms with E-state index in [2.05, 4.69) is 28.6 Å². The third kappa shape index (κ3) is 2.80. The summed E-state index contributed by atoms with van der Waals surface area (Å²) in [5.41, 5.74) is 5.41. The highest BCUT2D eigenvalue weighted by Gasteiger charge is 2.23. The Morgan fingerprint density at radius 3 is 2.31 bits per heavy atom. The van der Waals surface area contributed by atoms with Crippen molar-refractivity contribution in [2.24, 2.45) is 5.73 Å². The maximum absolute atomic E-state index is 5.64. The van der Waals surface area contributed by atoms with E-state index in [0.717, 1.165) is 18.1 Å². The summed E-state index contributed by atoms with van der Waals surface area (Å²) in [7, 11) is 1.71. The van der Waals surface area contributed by atoms with Gasteiger partial charge < -0.3 is 15.0 Å². The normalized spacial score (nSPS) is 12.4. The minimum atomic E-state index is -0.231. The van der Waals surface area contributed by atoms with Crippen molar-refractivity contribution >= 4 is 0 Å². The minimum absolute atomic E-state index is 0.231. The van der Waals surface area contributed by atoms with Crippen molar-refractivity contribution in [2.45, 2.75) is 52.3 Å². The third-order valence-corrected chi connectivity index (χ3v) is 2.67. The summed E-state index contributed by atoms with van der Waals surface area (Å²) in [6.07, 6.45) is 0.731. The summed E-state index contributed by atoms with van der Waals surface area (Å²) >= 11 is 0. The van der Waals surface area contributed by atoms with E-state index < -0.39 is 0 Å². The first-order valence-electron chi connectivity index (χ1n) is 5.59. The number of nitrogens with two attached hydrogens (primary N) is 1. The van der Waals surface area contributed by atoms with E-state index in [1.54, 1.807) is 7.11 Å². The van der Waals surface area contributed by atoms with Gasteiger partial charge in [-0.05, 0) is 27.7 Å². The maximum Gasteiger partial charge on any atom is 0.147 e. The molecule has 0 saturated heterocycles. The molecule has 5 heteroatoms. The number of hydrogen-bond acceptors (Lipinski definition) is 4. The standard InChI is InChI=1S/C11H22N4O/c1-8(2)15-9(6-11(3,4)16-5)13-14-10(15)7-12/h8H,6-7,12H2,1-5H3. The van der Waals surface area contributed by atoms with Crippen LogP contribution >= 0.6 is 0 Å². The summed E-state index contributed by atoms with van der Waals surface area (Å²) in [4.78, 5) is 0. The van der Waals surface area contributed by atoms with Crippen molar-refractivity contribution in [3.63, 3.8) is 0 Å². The molecule has 1 aromatic rings. The van der Waals surface area contributed by atoms with Crippen molar-refractivity contribution in [1.29, 1.82) is 0 Å². The molecular formula is C11H22N4O. The minimum Gasteiger partial charge on any atom is -0.378 e. The summed E-state index contributed by atoms with van der Waals surface area (Å²) in [6.45, 7) is 8.69. The average Bonchev–Trinajstić information content (AvgIpc) is 2.60. The number of ether oxygens (including phenoxy) is 1. The van der Waals surface area contributed by atoms with Crippen LogP contribution in [0.5, 0.6) is 0 Å². The first-order valence-corrected chi connectivity index (χ1v) is 5.59. The Bertz CT molecular complexity index is 344. The van der Waals surface area contributed by atoms with Gasteiger partial charge in [0.15, 0.2) is 0 Å². The molecule has 5 nitrogen and oxygen atoms in total. The summed E-state index contributed by atoms with van der Waals surface area (Å²) in [6, 6.07) is 0.316. The molecule has 0 amide bonds. The average molecular weight is 226 g/mol. The van der Waals surface area contributed by atoms with Crippen LogP contribution in [0.1, 0.15) is 45.4 Å². The lowest BCUT2D eigenvalue weighted by molar-refractivity contribution is 0.0206. The van der Waals surface area contributed by atoms with E-state index >= 15 is 0 Å². The fourth-order valence-corrected chi connectivity index (χ4v) is 1.67. The van der Waals surface area contributed by atoms with Crippen LogP contribution in [-0.2, 0) is 17.7 Å². The molecule has 0 aliphatic heterocycles. The smallest absolute Gasteiger partial charge is 0.147 e. The SMILES string of the molecule is COC(C)(C)Cc1nnc(CN)n1C(C)C. The van der Waals surface area contributed by atoms with E-state index in [4.69, 9.17) is 10.5 Å². The number of rotatable bonds is 5. The molecule has 0 aliphatic carbocycles. The van der Waals surface area contributed by atoms with Gasteiger partial charge in [0.2, 0.25) is 0 Å². The molecular weight excluding hydrogens is 204 g/mol. The van der Waals surface area contributed by atoms with Crippen LogP contribution in [0, 0.1) is 0 Å². The number of nitrogens with zero attached hydrogens (tertiary/aromatic N) is 3. The van der Waals surface area contributed by atoms with E-state index in [1.165, 1.54) is 0 Å².